The van der Waals surface area contributed by atoms with Crippen LogP contribution in [0, 0.1) is 6.92 Å². The quantitative estimate of drug-likeness (QED) is 0.717. The Hall–Kier alpha value is -1.95. The zero-order chi connectivity index (χ0) is 16.1. The summed E-state index contributed by atoms with van der Waals surface area (Å²) < 4.78 is 5.32. The zero-order valence-electron chi connectivity index (χ0n) is 13.1. The van der Waals surface area contributed by atoms with Gasteiger partial charge in [0.2, 0.25) is 0 Å². The Morgan fingerprint density at radius 1 is 1.17 bits per heavy atom. The summed E-state index contributed by atoms with van der Waals surface area (Å²) in [5.41, 5.74) is 4.15. The molecule has 1 N–H and O–H groups in total. The fraction of sp³-hybridized carbons (Fsp3) is 0.278. The Morgan fingerprint density at radius 3 is 2.65 bits per heavy atom. The lowest BCUT2D eigenvalue weighted by atomic mass is 10.2. The van der Waals surface area contributed by atoms with Gasteiger partial charge in [-0.1, -0.05) is 30.3 Å². The third kappa shape index (κ3) is 4.28. The molecule has 23 heavy (non-hydrogen) atoms. The van der Waals surface area contributed by atoms with Crippen LogP contribution < -0.4 is 0 Å². The van der Waals surface area contributed by atoms with Gasteiger partial charge in [0.15, 0.2) is 0 Å². The van der Waals surface area contributed by atoms with Crippen LogP contribution in [-0.4, -0.2) is 21.5 Å². The van der Waals surface area contributed by atoms with Gasteiger partial charge in [0.25, 0.3) is 0 Å². The van der Waals surface area contributed by atoms with E-state index in [1.54, 1.807) is 23.7 Å². The fourth-order valence-electron chi connectivity index (χ4n) is 2.52. The van der Waals surface area contributed by atoms with Gasteiger partial charge in [0, 0.05) is 24.5 Å². The van der Waals surface area contributed by atoms with Crippen LogP contribution in [0.25, 0.3) is 0 Å². The van der Waals surface area contributed by atoms with Crippen molar-refractivity contribution in [3.8, 4) is 0 Å². The molecule has 0 saturated heterocycles. The summed E-state index contributed by atoms with van der Waals surface area (Å²) in [5.74, 6) is 0.601. The van der Waals surface area contributed by atoms with Crippen LogP contribution in [0.4, 0.5) is 0 Å². The average molecular weight is 328 g/mol. The van der Waals surface area contributed by atoms with Crippen molar-refractivity contribution in [3.05, 3.63) is 76.1 Å². The predicted octanol–water partition coefficient (Wildman–Crippen LogP) is 3.78. The van der Waals surface area contributed by atoms with Crippen LogP contribution in [0.3, 0.4) is 0 Å². The monoisotopic (exact) mass is 328 g/mol. The predicted molar refractivity (Wildman–Crippen MR) is 91.1 cm³/mol. The lowest BCUT2D eigenvalue weighted by molar-refractivity contribution is 0.0877. The van der Waals surface area contributed by atoms with Crippen LogP contribution in [0.2, 0.25) is 0 Å². The molecule has 2 heterocycles. The van der Waals surface area contributed by atoms with E-state index >= 15 is 0 Å². The van der Waals surface area contributed by atoms with Crippen molar-refractivity contribution < 1.29 is 9.52 Å². The fourth-order valence-corrected chi connectivity index (χ4v) is 3.34. The molecule has 120 valence electrons. The molecule has 0 bridgehead atoms. The van der Waals surface area contributed by atoms with Crippen LogP contribution in [0.1, 0.15) is 28.0 Å². The van der Waals surface area contributed by atoms with Crippen molar-refractivity contribution >= 4 is 11.3 Å². The molecule has 1 atom stereocenters. The van der Waals surface area contributed by atoms with E-state index in [1.807, 2.05) is 36.7 Å². The van der Waals surface area contributed by atoms with Gasteiger partial charge in [-0.3, -0.25) is 4.90 Å². The number of aryl methyl sites for hydroxylation is 1. The van der Waals surface area contributed by atoms with Gasteiger partial charge in [-0.05, 0) is 24.6 Å². The van der Waals surface area contributed by atoms with Gasteiger partial charge < -0.3 is 9.52 Å². The Bertz CT molecular complexity index is 710. The van der Waals surface area contributed by atoms with Gasteiger partial charge in [-0.25, -0.2) is 4.98 Å². The maximum absolute atomic E-state index is 10.4. The van der Waals surface area contributed by atoms with E-state index in [4.69, 9.17) is 4.42 Å². The molecule has 1 aromatic carbocycles. The first-order valence-electron chi connectivity index (χ1n) is 7.59. The van der Waals surface area contributed by atoms with Crippen molar-refractivity contribution in [2.24, 2.45) is 0 Å². The number of furan rings is 1. The standard InChI is InChI=1S/C18H20N2O2S/c1-14-18(23-13-19-14)12-20(10-15-6-3-2-4-7-15)11-16(21)17-8-5-9-22-17/h2-9,13,16,21H,10-12H2,1H3. The summed E-state index contributed by atoms with van der Waals surface area (Å²) in [6.07, 6.45) is 0.954. The Balaban J connectivity index is 1.74. The van der Waals surface area contributed by atoms with E-state index in [0.29, 0.717) is 12.3 Å². The molecule has 3 aromatic rings. The highest BCUT2D eigenvalue weighted by molar-refractivity contribution is 7.09. The smallest absolute Gasteiger partial charge is 0.133 e. The maximum atomic E-state index is 10.4. The number of nitrogens with zero attached hydrogens (tertiary/aromatic N) is 2. The van der Waals surface area contributed by atoms with E-state index in [1.165, 1.54) is 10.4 Å². The van der Waals surface area contributed by atoms with Crippen LogP contribution in [0.15, 0.2) is 58.7 Å². The third-order valence-corrected chi connectivity index (χ3v) is 4.68. The SMILES string of the molecule is Cc1ncsc1CN(Cc1ccccc1)CC(O)c1ccco1. The molecule has 0 saturated carbocycles. The lowest BCUT2D eigenvalue weighted by Gasteiger charge is -2.24. The number of thiazole rings is 1. The highest BCUT2D eigenvalue weighted by Gasteiger charge is 2.18. The number of aliphatic hydroxyl groups excluding tert-OH is 1. The molecule has 2 aromatic heterocycles. The highest BCUT2D eigenvalue weighted by atomic mass is 32.1. The second kappa shape index (κ2) is 7.55. The van der Waals surface area contributed by atoms with Crippen molar-refractivity contribution in [3.63, 3.8) is 0 Å². The number of benzene rings is 1. The minimum Gasteiger partial charge on any atom is -0.467 e. The van der Waals surface area contributed by atoms with E-state index in [-0.39, 0.29) is 0 Å². The number of aromatic nitrogens is 1. The summed E-state index contributed by atoms with van der Waals surface area (Å²) in [7, 11) is 0. The highest BCUT2D eigenvalue weighted by Crippen LogP contribution is 2.21. The molecule has 4 nitrogen and oxygen atoms in total. The molecule has 0 spiro atoms. The lowest BCUT2D eigenvalue weighted by Crippen LogP contribution is -2.28. The molecule has 0 amide bonds. The first-order valence-corrected chi connectivity index (χ1v) is 8.47. The van der Waals surface area contributed by atoms with Gasteiger partial charge in [-0.15, -0.1) is 11.3 Å². The molecule has 3 rings (SSSR count). The van der Waals surface area contributed by atoms with Gasteiger partial charge >= 0.3 is 0 Å². The minimum atomic E-state index is -0.637. The Morgan fingerprint density at radius 2 is 2.00 bits per heavy atom. The van der Waals surface area contributed by atoms with Crippen molar-refractivity contribution in [1.82, 2.24) is 9.88 Å². The minimum absolute atomic E-state index is 0.514. The van der Waals surface area contributed by atoms with Gasteiger partial charge in [0.05, 0.1) is 17.5 Å². The molecular formula is C18H20N2O2S. The normalized spacial score (nSPS) is 12.7. The zero-order valence-corrected chi connectivity index (χ0v) is 13.9. The first-order chi connectivity index (χ1) is 11.2. The number of aliphatic hydroxyl groups is 1. The molecule has 0 aliphatic carbocycles. The Labute approximate surface area is 140 Å². The molecular weight excluding hydrogens is 308 g/mol. The van der Waals surface area contributed by atoms with Crippen LogP contribution >= 0.6 is 11.3 Å². The molecule has 0 aliphatic rings. The number of hydrogen-bond acceptors (Lipinski definition) is 5. The van der Waals surface area contributed by atoms with Gasteiger partial charge in [0.1, 0.15) is 11.9 Å². The second-order valence-electron chi connectivity index (χ2n) is 5.55. The first kappa shape index (κ1) is 15.9. The topological polar surface area (TPSA) is 49.5 Å². The molecule has 1 unspecified atom stereocenters. The van der Waals surface area contributed by atoms with Crippen molar-refractivity contribution in [2.75, 3.05) is 6.54 Å². The second-order valence-corrected chi connectivity index (χ2v) is 6.49. The van der Waals surface area contributed by atoms with Crippen LogP contribution in [0.5, 0.6) is 0 Å². The number of hydrogen-bond donors (Lipinski definition) is 1. The van der Waals surface area contributed by atoms with Crippen LogP contribution in [-0.2, 0) is 13.1 Å². The van der Waals surface area contributed by atoms with E-state index in [9.17, 15) is 5.11 Å². The largest absolute Gasteiger partial charge is 0.467 e. The summed E-state index contributed by atoms with van der Waals surface area (Å²) in [6.45, 7) is 4.08. The summed E-state index contributed by atoms with van der Waals surface area (Å²) in [6, 6.07) is 13.9. The van der Waals surface area contributed by atoms with E-state index in [0.717, 1.165) is 18.8 Å². The van der Waals surface area contributed by atoms with E-state index in [2.05, 4.69) is 22.0 Å². The molecule has 0 aliphatic heterocycles. The summed E-state index contributed by atoms with van der Waals surface area (Å²) in [5, 5.41) is 10.4. The Kier molecular flexibility index (Phi) is 5.23. The van der Waals surface area contributed by atoms with Crippen molar-refractivity contribution in [1.29, 1.82) is 0 Å². The molecule has 0 radical (unpaired) electrons. The third-order valence-electron chi connectivity index (χ3n) is 3.76. The van der Waals surface area contributed by atoms with Crippen molar-refractivity contribution in [2.45, 2.75) is 26.1 Å². The van der Waals surface area contributed by atoms with E-state index < -0.39 is 6.10 Å². The maximum Gasteiger partial charge on any atom is 0.133 e. The average Bonchev–Trinajstić information content (AvgIpc) is 3.21. The summed E-state index contributed by atoms with van der Waals surface area (Å²) >= 11 is 1.66. The molecule has 0 fully saturated rings. The number of rotatable bonds is 7. The summed E-state index contributed by atoms with van der Waals surface area (Å²) in [4.78, 5) is 7.77. The molecule has 5 heteroatoms. The van der Waals surface area contributed by atoms with Gasteiger partial charge in [-0.2, -0.15) is 0 Å².